The second-order valence-corrected chi connectivity index (χ2v) is 4.26. The molecule has 1 aromatic heterocycles. The Kier molecular flexibility index (Phi) is 3.24. The van der Waals surface area contributed by atoms with Crippen LogP contribution in [0.15, 0.2) is 17.2 Å². The van der Waals surface area contributed by atoms with Gasteiger partial charge in [-0.25, -0.2) is 4.98 Å². The Hall–Kier alpha value is -1.30. The maximum atomic E-state index is 12.0. The number of aromatic nitrogens is 2. The average Bonchev–Trinajstić information content (AvgIpc) is 2.29. The van der Waals surface area contributed by atoms with Crippen LogP contribution < -0.4 is 11.3 Å². The Morgan fingerprint density at radius 3 is 2.76 bits per heavy atom. The normalized spacial score (nSPS) is 11.0. The highest BCUT2D eigenvalue weighted by molar-refractivity contribution is 6.39. The smallest absolute Gasteiger partial charge is 0.262 e. The first-order valence-corrected chi connectivity index (χ1v) is 5.58. The van der Waals surface area contributed by atoms with E-state index in [9.17, 15) is 9.90 Å². The second kappa shape index (κ2) is 4.52. The van der Waals surface area contributed by atoms with Crippen LogP contribution in [-0.2, 0) is 6.54 Å². The molecule has 0 amide bonds. The van der Waals surface area contributed by atoms with Crippen molar-refractivity contribution in [2.45, 2.75) is 6.54 Å². The number of phenols is 1. The minimum atomic E-state index is -0.350. The van der Waals surface area contributed by atoms with Crippen molar-refractivity contribution in [3.8, 4) is 5.75 Å². The van der Waals surface area contributed by atoms with Gasteiger partial charge in [-0.05, 0) is 6.07 Å². The summed E-state index contributed by atoms with van der Waals surface area (Å²) in [5.41, 5.74) is 5.12. The predicted octanol–water partition coefficient (Wildman–Crippen LogP) is 1.37. The number of halogens is 2. The zero-order valence-electron chi connectivity index (χ0n) is 8.65. The van der Waals surface area contributed by atoms with Gasteiger partial charge in [0.25, 0.3) is 5.56 Å². The van der Waals surface area contributed by atoms with Gasteiger partial charge >= 0.3 is 0 Å². The minimum Gasteiger partial charge on any atom is -0.504 e. The molecule has 0 aliphatic heterocycles. The van der Waals surface area contributed by atoms with Crippen LogP contribution in [0.25, 0.3) is 10.9 Å². The third-order valence-electron chi connectivity index (χ3n) is 2.35. The summed E-state index contributed by atoms with van der Waals surface area (Å²) in [6.07, 6.45) is 1.31. The lowest BCUT2D eigenvalue weighted by Gasteiger charge is -2.07. The highest BCUT2D eigenvalue weighted by Gasteiger charge is 2.14. The number of aromatic hydroxyl groups is 1. The second-order valence-electron chi connectivity index (χ2n) is 3.44. The summed E-state index contributed by atoms with van der Waals surface area (Å²) in [5, 5.41) is 10.1. The number of phenolic OH excluding ortho intramolecular Hbond substituents is 1. The maximum absolute atomic E-state index is 12.0. The molecule has 0 fully saturated rings. The molecule has 0 spiro atoms. The fourth-order valence-corrected chi connectivity index (χ4v) is 2.08. The molecule has 5 nitrogen and oxygen atoms in total. The summed E-state index contributed by atoms with van der Waals surface area (Å²) in [7, 11) is 0. The van der Waals surface area contributed by atoms with Crippen LogP contribution in [0.2, 0.25) is 10.0 Å². The molecule has 0 aliphatic rings. The highest BCUT2D eigenvalue weighted by Crippen LogP contribution is 2.34. The van der Waals surface area contributed by atoms with Crippen molar-refractivity contribution in [2.75, 3.05) is 6.54 Å². The number of rotatable bonds is 2. The van der Waals surface area contributed by atoms with E-state index in [4.69, 9.17) is 28.9 Å². The minimum absolute atomic E-state index is 0.0611. The molecule has 3 N–H and O–H groups in total. The monoisotopic (exact) mass is 273 g/mol. The summed E-state index contributed by atoms with van der Waals surface area (Å²) in [6.45, 7) is 0.645. The zero-order chi connectivity index (χ0) is 12.6. The van der Waals surface area contributed by atoms with Crippen LogP contribution >= 0.6 is 23.2 Å². The molecule has 0 bridgehead atoms. The van der Waals surface area contributed by atoms with E-state index >= 15 is 0 Å². The van der Waals surface area contributed by atoms with Gasteiger partial charge in [0.05, 0.1) is 21.8 Å². The van der Waals surface area contributed by atoms with E-state index in [0.717, 1.165) is 0 Å². The lowest BCUT2D eigenvalue weighted by atomic mass is 10.2. The number of nitrogens with zero attached hydrogens (tertiary/aromatic N) is 2. The zero-order valence-corrected chi connectivity index (χ0v) is 10.2. The van der Waals surface area contributed by atoms with E-state index in [2.05, 4.69) is 4.98 Å². The molecule has 1 aromatic carbocycles. The van der Waals surface area contributed by atoms with E-state index in [1.807, 2.05) is 0 Å². The number of hydrogen-bond donors (Lipinski definition) is 2. The molecule has 0 radical (unpaired) electrons. The molecule has 90 valence electrons. The number of hydrogen-bond acceptors (Lipinski definition) is 4. The van der Waals surface area contributed by atoms with Crippen molar-refractivity contribution in [3.63, 3.8) is 0 Å². The summed E-state index contributed by atoms with van der Waals surface area (Å²) >= 11 is 11.7. The molecule has 0 atom stereocenters. The topological polar surface area (TPSA) is 81.1 Å². The molecule has 1 heterocycles. The van der Waals surface area contributed by atoms with Gasteiger partial charge in [-0.2, -0.15) is 0 Å². The van der Waals surface area contributed by atoms with Crippen LogP contribution in [0.5, 0.6) is 5.75 Å². The molecule has 2 rings (SSSR count). The van der Waals surface area contributed by atoms with Crippen molar-refractivity contribution >= 4 is 34.1 Å². The van der Waals surface area contributed by atoms with E-state index in [-0.39, 0.29) is 32.3 Å². The lowest BCUT2D eigenvalue weighted by molar-refractivity contribution is 0.480. The summed E-state index contributed by atoms with van der Waals surface area (Å²) in [5.74, 6) is -0.247. The van der Waals surface area contributed by atoms with Crippen molar-refractivity contribution in [1.29, 1.82) is 0 Å². The van der Waals surface area contributed by atoms with Gasteiger partial charge in [0, 0.05) is 13.1 Å². The van der Waals surface area contributed by atoms with Crippen LogP contribution in [-0.4, -0.2) is 21.2 Å². The molecule has 0 saturated heterocycles. The van der Waals surface area contributed by atoms with Gasteiger partial charge in [0.15, 0.2) is 5.75 Å². The van der Waals surface area contributed by atoms with Crippen LogP contribution in [0.3, 0.4) is 0 Å². The Labute approximate surface area is 106 Å². The fraction of sp³-hybridized carbons (Fsp3) is 0.200. The molecule has 2 aromatic rings. The van der Waals surface area contributed by atoms with Gasteiger partial charge in [-0.15, -0.1) is 0 Å². The Balaban J connectivity index is 2.87. The molecular formula is C10H9Cl2N3O2. The third-order valence-corrected chi connectivity index (χ3v) is 2.94. The number of benzene rings is 1. The van der Waals surface area contributed by atoms with Crippen molar-refractivity contribution in [3.05, 3.63) is 32.8 Å². The first-order chi connectivity index (χ1) is 8.06. The lowest BCUT2D eigenvalue weighted by Crippen LogP contribution is -2.24. The summed E-state index contributed by atoms with van der Waals surface area (Å²) in [6, 6.07) is 1.32. The van der Waals surface area contributed by atoms with Crippen LogP contribution in [0, 0.1) is 0 Å². The summed E-state index contributed by atoms with van der Waals surface area (Å²) in [4.78, 5) is 16.0. The van der Waals surface area contributed by atoms with Crippen molar-refractivity contribution in [1.82, 2.24) is 9.55 Å². The molecule has 17 heavy (non-hydrogen) atoms. The van der Waals surface area contributed by atoms with E-state index in [0.29, 0.717) is 13.1 Å². The summed E-state index contributed by atoms with van der Waals surface area (Å²) < 4.78 is 1.33. The van der Waals surface area contributed by atoms with E-state index in [1.54, 1.807) is 0 Å². The number of nitrogens with two attached hydrogens (primary N) is 1. The Bertz CT molecular complexity index is 639. The average molecular weight is 274 g/mol. The molecule has 0 aliphatic carbocycles. The Morgan fingerprint density at radius 1 is 1.41 bits per heavy atom. The van der Waals surface area contributed by atoms with Crippen LogP contribution in [0.1, 0.15) is 0 Å². The van der Waals surface area contributed by atoms with E-state index < -0.39 is 0 Å². The van der Waals surface area contributed by atoms with Gasteiger partial charge < -0.3 is 10.8 Å². The highest BCUT2D eigenvalue weighted by atomic mass is 35.5. The predicted molar refractivity (Wildman–Crippen MR) is 66.7 cm³/mol. The van der Waals surface area contributed by atoms with Gasteiger partial charge in [0.1, 0.15) is 5.52 Å². The van der Waals surface area contributed by atoms with Crippen LogP contribution in [0.4, 0.5) is 0 Å². The molecule has 7 heteroatoms. The van der Waals surface area contributed by atoms with Gasteiger partial charge in [-0.1, -0.05) is 23.2 Å². The first kappa shape index (κ1) is 12.2. The fourth-order valence-electron chi connectivity index (χ4n) is 1.55. The quantitative estimate of drug-likeness (QED) is 0.866. The number of fused-ring (bicyclic) bond motifs is 1. The molecule has 0 saturated carbocycles. The standard InChI is InChI=1S/C10H9Cl2N3O2/c11-5-3-6(12)9(16)8-7(5)10(17)15(2-1-13)4-14-8/h3-4,16H,1-2,13H2. The van der Waals surface area contributed by atoms with E-state index in [1.165, 1.54) is 17.0 Å². The van der Waals surface area contributed by atoms with Gasteiger partial charge in [-0.3, -0.25) is 9.36 Å². The first-order valence-electron chi connectivity index (χ1n) is 4.82. The SMILES string of the molecule is NCCn1cnc2c(O)c(Cl)cc(Cl)c2c1=O. The van der Waals surface area contributed by atoms with Crippen molar-refractivity contribution < 1.29 is 5.11 Å². The maximum Gasteiger partial charge on any atom is 0.262 e. The third kappa shape index (κ3) is 1.97. The van der Waals surface area contributed by atoms with Gasteiger partial charge in [0.2, 0.25) is 0 Å². The van der Waals surface area contributed by atoms with Crippen molar-refractivity contribution in [2.24, 2.45) is 5.73 Å². The molecular weight excluding hydrogens is 265 g/mol. The largest absolute Gasteiger partial charge is 0.504 e. The Morgan fingerprint density at radius 2 is 2.12 bits per heavy atom. The molecule has 0 unspecified atom stereocenters.